The van der Waals surface area contributed by atoms with Crippen molar-refractivity contribution >= 4 is 39.3 Å². The topological polar surface area (TPSA) is 139 Å². The fourth-order valence-corrected chi connectivity index (χ4v) is 3.71. The van der Waals surface area contributed by atoms with E-state index in [0.29, 0.717) is 17.3 Å². The molecular weight excluding hydrogens is 475 g/mol. The minimum Gasteiger partial charge on any atom is -0.405 e. The number of anilines is 2. The van der Waals surface area contributed by atoms with E-state index in [1.165, 1.54) is 50.8 Å². The Morgan fingerprint density at radius 3 is 2.66 bits per heavy atom. The molecule has 0 spiro atoms. The minimum absolute atomic E-state index is 0.0289. The van der Waals surface area contributed by atoms with Crippen LogP contribution in [0.1, 0.15) is 24.3 Å². The molecule has 4 N–H and O–H groups in total. The largest absolute Gasteiger partial charge is 0.405 e. The van der Waals surface area contributed by atoms with Gasteiger partial charge in [0.15, 0.2) is 5.82 Å². The Balaban J connectivity index is 2.11. The standard InChI is InChI=1S/C23H27FN6O4S/c1-30(35(3,32)33)20-13-16(15-7-8-15)9-10-19(20)27-18(11-12-25)17(23(31)29-34-2)14-26-22-6-4-5-21(24)28-22/h4-6,9-15,27H,7-8,25H2,1-3H3,(H,29,31)/b12-11+,18-17-,26-14?. The maximum absolute atomic E-state index is 13.5. The fourth-order valence-electron chi connectivity index (χ4n) is 3.20. The lowest BCUT2D eigenvalue weighted by atomic mass is 10.1. The molecule has 35 heavy (non-hydrogen) atoms. The van der Waals surface area contributed by atoms with Crippen molar-refractivity contribution < 1.29 is 22.4 Å². The van der Waals surface area contributed by atoms with Crippen LogP contribution in [0.3, 0.4) is 0 Å². The summed E-state index contributed by atoms with van der Waals surface area (Å²) >= 11 is 0. The zero-order valence-corrected chi connectivity index (χ0v) is 20.3. The smallest absolute Gasteiger partial charge is 0.278 e. The van der Waals surface area contributed by atoms with Gasteiger partial charge in [-0.15, -0.1) is 0 Å². The van der Waals surface area contributed by atoms with Crippen molar-refractivity contribution in [3.05, 3.63) is 71.5 Å². The first kappa shape index (κ1) is 25.8. The van der Waals surface area contributed by atoms with Crippen molar-refractivity contribution in [3.63, 3.8) is 0 Å². The van der Waals surface area contributed by atoms with Crippen molar-refractivity contribution in [2.24, 2.45) is 10.7 Å². The van der Waals surface area contributed by atoms with Crippen LogP contribution in [0.4, 0.5) is 21.6 Å². The summed E-state index contributed by atoms with van der Waals surface area (Å²) in [6, 6.07) is 9.52. The van der Waals surface area contributed by atoms with Crippen molar-refractivity contribution in [2.75, 3.05) is 30.0 Å². The first-order valence-corrected chi connectivity index (χ1v) is 12.5. The van der Waals surface area contributed by atoms with Gasteiger partial charge in [0.1, 0.15) is 0 Å². The van der Waals surface area contributed by atoms with Crippen molar-refractivity contribution in [1.82, 2.24) is 10.5 Å². The lowest BCUT2D eigenvalue weighted by molar-refractivity contribution is -0.126. The number of amides is 1. The lowest BCUT2D eigenvalue weighted by Crippen LogP contribution is -2.28. The number of nitrogens with zero attached hydrogens (tertiary/aromatic N) is 3. The normalized spacial score (nSPS) is 14.7. The Morgan fingerprint density at radius 2 is 2.06 bits per heavy atom. The fraction of sp³-hybridized carbons (Fsp3) is 0.261. The second-order valence-corrected chi connectivity index (χ2v) is 9.82. The molecule has 1 fully saturated rings. The van der Waals surface area contributed by atoms with E-state index in [2.05, 4.69) is 20.8 Å². The second-order valence-electron chi connectivity index (χ2n) is 7.80. The molecule has 186 valence electrons. The Morgan fingerprint density at radius 1 is 1.31 bits per heavy atom. The highest BCUT2D eigenvalue weighted by atomic mass is 32.2. The summed E-state index contributed by atoms with van der Waals surface area (Å²) in [6.07, 6.45) is 6.98. The molecule has 0 aliphatic heterocycles. The molecule has 10 nitrogen and oxygen atoms in total. The second kappa shape index (κ2) is 11.1. The van der Waals surface area contributed by atoms with Crippen LogP contribution in [-0.4, -0.2) is 45.9 Å². The maximum Gasteiger partial charge on any atom is 0.278 e. The number of halogens is 1. The van der Waals surface area contributed by atoms with Gasteiger partial charge in [0.05, 0.1) is 36.0 Å². The third kappa shape index (κ3) is 6.87. The number of nitrogens with one attached hydrogen (secondary N) is 2. The molecule has 1 aliphatic carbocycles. The van der Waals surface area contributed by atoms with E-state index in [9.17, 15) is 17.6 Å². The quantitative estimate of drug-likeness (QED) is 0.149. The molecule has 1 aliphatic rings. The Bertz CT molecular complexity index is 1290. The molecule has 1 heterocycles. The number of carbonyl (C=O) groups is 1. The number of allylic oxidation sites excluding steroid dienone is 1. The van der Waals surface area contributed by atoms with Crippen LogP contribution in [0.15, 0.2) is 64.9 Å². The average Bonchev–Trinajstić information content (AvgIpc) is 3.64. The van der Waals surface area contributed by atoms with Gasteiger partial charge in [-0.25, -0.2) is 23.9 Å². The van der Waals surface area contributed by atoms with Crippen LogP contribution in [0.5, 0.6) is 0 Å². The van der Waals surface area contributed by atoms with Gasteiger partial charge in [-0.2, -0.15) is 4.39 Å². The number of sulfonamides is 1. The molecule has 1 saturated carbocycles. The number of hydrogen-bond donors (Lipinski definition) is 3. The van der Waals surface area contributed by atoms with Crippen molar-refractivity contribution in [3.8, 4) is 0 Å². The van der Waals surface area contributed by atoms with E-state index in [1.807, 2.05) is 12.1 Å². The number of pyridine rings is 1. The van der Waals surface area contributed by atoms with Gasteiger partial charge in [0.2, 0.25) is 16.0 Å². The molecule has 3 rings (SSSR count). The van der Waals surface area contributed by atoms with E-state index < -0.39 is 21.9 Å². The molecule has 1 amide bonds. The molecule has 12 heteroatoms. The van der Waals surface area contributed by atoms with Crippen LogP contribution < -0.4 is 20.8 Å². The van der Waals surface area contributed by atoms with E-state index in [-0.39, 0.29) is 17.1 Å². The lowest BCUT2D eigenvalue weighted by Gasteiger charge is -2.23. The number of hydroxylamine groups is 1. The molecule has 0 saturated heterocycles. The highest BCUT2D eigenvalue weighted by molar-refractivity contribution is 7.92. The third-order valence-corrected chi connectivity index (χ3v) is 6.39. The maximum atomic E-state index is 13.5. The highest BCUT2D eigenvalue weighted by Crippen LogP contribution is 2.43. The van der Waals surface area contributed by atoms with Crippen LogP contribution in [-0.2, 0) is 19.7 Å². The first-order chi connectivity index (χ1) is 16.6. The van der Waals surface area contributed by atoms with E-state index in [0.717, 1.165) is 29.0 Å². The zero-order valence-electron chi connectivity index (χ0n) is 19.5. The van der Waals surface area contributed by atoms with Gasteiger partial charge in [0.25, 0.3) is 5.91 Å². The summed E-state index contributed by atoms with van der Waals surface area (Å²) in [5.74, 6) is -0.976. The number of nitrogens with two attached hydrogens (primary N) is 1. The third-order valence-electron chi connectivity index (χ3n) is 5.20. The SMILES string of the molecule is CONC(=O)/C(C=Nc1cccc(F)n1)=C(/C=C/N)Nc1ccc(C2CC2)cc1N(C)S(C)(=O)=O. The summed E-state index contributed by atoms with van der Waals surface area (Å²) < 4.78 is 39.3. The number of carbonyl (C=O) groups excluding carboxylic acids is 1. The molecular formula is C23H27FN6O4S. The molecule has 0 atom stereocenters. The van der Waals surface area contributed by atoms with Crippen molar-refractivity contribution in [2.45, 2.75) is 18.8 Å². The summed E-state index contributed by atoms with van der Waals surface area (Å²) in [5, 5.41) is 3.08. The summed E-state index contributed by atoms with van der Waals surface area (Å²) in [4.78, 5) is 25.3. The molecule has 1 aromatic heterocycles. The van der Waals surface area contributed by atoms with Gasteiger partial charge in [-0.1, -0.05) is 12.1 Å². The van der Waals surface area contributed by atoms with Gasteiger partial charge >= 0.3 is 0 Å². The molecule has 0 bridgehead atoms. The zero-order chi connectivity index (χ0) is 25.6. The van der Waals surface area contributed by atoms with E-state index >= 15 is 0 Å². The number of hydrogen-bond acceptors (Lipinski definition) is 8. The van der Waals surface area contributed by atoms with Gasteiger partial charge in [-0.3, -0.25) is 13.9 Å². The number of benzene rings is 1. The summed E-state index contributed by atoms with van der Waals surface area (Å²) in [5.41, 5.74) is 9.83. The first-order valence-electron chi connectivity index (χ1n) is 10.6. The average molecular weight is 503 g/mol. The predicted octanol–water partition coefficient (Wildman–Crippen LogP) is 2.71. The van der Waals surface area contributed by atoms with E-state index in [4.69, 9.17) is 10.6 Å². The predicted molar refractivity (Wildman–Crippen MR) is 133 cm³/mol. The molecule has 2 aromatic rings. The molecule has 0 unspecified atom stereocenters. The van der Waals surface area contributed by atoms with Gasteiger partial charge in [-0.05, 0) is 60.9 Å². The van der Waals surface area contributed by atoms with Gasteiger partial charge < -0.3 is 11.1 Å². The van der Waals surface area contributed by atoms with Crippen LogP contribution in [0, 0.1) is 5.95 Å². The minimum atomic E-state index is -3.58. The molecule has 0 radical (unpaired) electrons. The van der Waals surface area contributed by atoms with Gasteiger partial charge in [0, 0.05) is 13.3 Å². The van der Waals surface area contributed by atoms with Crippen LogP contribution >= 0.6 is 0 Å². The Hall–Kier alpha value is -3.77. The van der Waals surface area contributed by atoms with Crippen LogP contribution in [0.25, 0.3) is 0 Å². The number of aromatic nitrogens is 1. The van der Waals surface area contributed by atoms with Crippen LogP contribution in [0.2, 0.25) is 0 Å². The monoisotopic (exact) mass is 502 g/mol. The van der Waals surface area contributed by atoms with Crippen molar-refractivity contribution in [1.29, 1.82) is 0 Å². The Kier molecular flexibility index (Phi) is 8.20. The summed E-state index contributed by atoms with van der Waals surface area (Å²) in [7, 11) is -0.864. The van der Waals surface area contributed by atoms with E-state index in [1.54, 1.807) is 6.07 Å². The Labute approximate surface area is 203 Å². The highest BCUT2D eigenvalue weighted by Gasteiger charge is 2.26. The summed E-state index contributed by atoms with van der Waals surface area (Å²) in [6.45, 7) is 0. The number of aliphatic imine (C=N–C) groups is 1. The molecule has 1 aromatic carbocycles. The number of rotatable bonds is 10.